The molecule has 2 aromatic rings. The van der Waals surface area contributed by atoms with Crippen molar-refractivity contribution in [2.24, 2.45) is 7.05 Å². The van der Waals surface area contributed by atoms with Gasteiger partial charge >= 0.3 is 0 Å². The van der Waals surface area contributed by atoms with Crippen LogP contribution in [0.1, 0.15) is 31.2 Å². The van der Waals surface area contributed by atoms with E-state index in [1.807, 2.05) is 37.0 Å². The first-order chi connectivity index (χ1) is 9.00. The van der Waals surface area contributed by atoms with Crippen LogP contribution in [0.4, 0.5) is 11.5 Å². The molecule has 0 unspecified atom stereocenters. The molecule has 0 amide bonds. The Hall–Kier alpha value is -2.04. The van der Waals surface area contributed by atoms with Gasteiger partial charge in [-0.3, -0.25) is 9.67 Å². The lowest BCUT2D eigenvalue weighted by atomic mass is 10.1. The van der Waals surface area contributed by atoms with Gasteiger partial charge in [-0.15, -0.1) is 0 Å². The summed E-state index contributed by atoms with van der Waals surface area (Å²) in [6.07, 6.45) is 1.80. The summed E-state index contributed by atoms with van der Waals surface area (Å²) in [4.78, 5) is 6.41. The first kappa shape index (κ1) is 13.4. The average molecular weight is 259 g/mol. The largest absolute Gasteiger partial charge is 0.394 e. The fourth-order valence-corrected chi connectivity index (χ4v) is 2.24. The van der Waals surface area contributed by atoms with Crippen LogP contribution in [0.3, 0.4) is 0 Å². The van der Waals surface area contributed by atoms with Gasteiger partial charge in [0.15, 0.2) is 5.82 Å². The van der Waals surface area contributed by atoms with Crippen LogP contribution in [-0.4, -0.2) is 21.8 Å². The van der Waals surface area contributed by atoms with Crippen LogP contribution >= 0.6 is 0 Å². The molecule has 0 saturated heterocycles. The lowest BCUT2D eigenvalue weighted by Crippen LogP contribution is -2.21. The van der Waals surface area contributed by atoms with Crippen LogP contribution in [0.25, 0.3) is 0 Å². The smallest absolute Gasteiger partial charge is 0.150 e. The van der Waals surface area contributed by atoms with Gasteiger partial charge < -0.3 is 10.6 Å². The minimum Gasteiger partial charge on any atom is -0.394 e. The number of hydrogen-bond donors (Lipinski definition) is 1. The Kier molecular flexibility index (Phi) is 3.74. The highest BCUT2D eigenvalue weighted by atomic mass is 15.4. The molecule has 0 aliphatic carbocycles. The molecule has 0 radical (unpaired) electrons. The summed E-state index contributed by atoms with van der Waals surface area (Å²) in [5.41, 5.74) is 8.93. The van der Waals surface area contributed by atoms with Gasteiger partial charge in [-0.1, -0.05) is 19.9 Å². The van der Waals surface area contributed by atoms with Gasteiger partial charge in [0, 0.05) is 20.3 Å². The van der Waals surface area contributed by atoms with E-state index in [9.17, 15) is 0 Å². The molecule has 0 atom stereocenters. The van der Waals surface area contributed by atoms with E-state index < -0.39 is 0 Å². The monoisotopic (exact) mass is 259 g/mol. The Bertz CT molecular complexity index is 544. The van der Waals surface area contributed by atoms with Crippen molar-refractivity contribution in [3.05, 3.63) is 35.8 Å². The van der Waals surface area contributed by atoms with E-state index in [1.54, 1.807) is 6.20 Å². The Labute approximate surface area is 114 Å². The molecule has 0 saturated carbocycles. The Morgan fingerprint density at radius 2 is 2.11 bits per heavy atom. The molecule has 0 fully saturated rings. The highest BCUT2D eigenvalue weighted by molar-refractivity contribution is 5.66. The summed E-state index contributed by atoms with van der Waals surface area (Å²) in [6, 6.07) is 5.91. The minimum atomic E-state index is 0.322. The van der Waals surface area contributed by atoms with Gasteiger partial charge in [-0.05, 0) is 18.1 Å². The molecule has 0 aliphatic rings. The number of hydrogen-bond acceptors (Lipinski definition) is 4. The molecule has 2 rings (SSSR count). The molecule has 5 heteroatoms. The number of anilines is 2. The van der Waals surface area contributed by atoms with Gasteiger partial charge in [-0.2, -0.15) is 5.10 Å². The zero-order valence-electron chi connectivity index (χ0n) is 12.0. The van der Waals surface area contributed by atoms with Crippen molar-refractivity contribution in [1.82, 2.24) is 14.8 Å². The number of nitrogens with two attached hydrogens (primary N) is 1. The van der Waals surface area contributed by atoms with Crippen LogP contribution in [0.5, 0.6) is 0 Å². The van der Waals surface area contributed by atoms with Crippen molar-refractivity contribution in [2.45, 2.75) is 26.3 Å². The van der Waals surface area contributed by atoms with Crippen molar-refractivity contribution >= 4 is 11.5 Å². The van der Waals surface area contributed by atoms with Crippen LogP contribution in [0.2, 0.25) is 0 Å². The molecule has 19 heavy (non-hydrogen) atoms. The molecule has 0 spiro atoms. The van der Waals surface area contributed by atoms with Gasteiger partial charge in [0.2, 0.25) is 0 Å². The fourth-order valence-electron chi connectivity index (χ4n) is 2.24. The topological polar surface area (TPSA) is 60.0 Å². The van der Waals surface area contributed by atoms with E-state index in [2.05, 4.69) is 28.8 Å². The van der Waals surface area contributed by atoms with Crippen molar-refractivity contribution in [2.75, 3.05) is 17.7 Å². The molecule has 2 heterocycles. The number of nitrogens with zero attached hydrogens (tertiary/aromatic N) is 4. The van der Waals surface area contributed by atoms with E-state index >= 15 is 0 Å². The SMILES string of the molecule is CC(C)c1nn(C)c(N(C)Cc2ccccn2)c1N. The Balaban J connectivity index is 2.27. The van der Waals surface area contributed by atoms with Crippen molar-refractivity contribution in [3.63, 3.8) is 0 Å². The van der Waals surface area contributed by atoms with Crippen LogP contribution in [0.15, 0.2) is 24.4 Å². The van der Waals surface area contributed by atoms with Crippen molar-refractivity contribution in [1.29, 1.82) is 0 Å². The summed E-state index contributed by atoms with van der Waals surface area (Å²) >= 11 is 0. The molecule has 0 aliphatic heterocycles. The van der Waals surface area contributed by atoms with Gasteiger partial charge in [-0.25, -0.2) is 0 Å². The van der Waals surface area contributed by atoms with Crippen molar-refractivity contribution in [3.8, 4) is 0 Å². The predicted octanol–water partition coefficient (Wildman–Crippen LogP) is 2.16. The molecule has 102 valence electrons. The molecule has 0 aromatic carbocycles. The van der Waals surface area contributed by atoms with E-state index in [4.69, 9.17) is 5.73 Å². The first-order valence-corrected chi connectivity index (χ1v) is 6.44. The third-order valence-corrected chi connectivity index (χ3v) is 3.11. The number of aryl methyl sites for hydroxylation is 1. The molecular formula is C14H21N5. The summed E-state index contributed by atoms with van der Waals surface area (Å²) in [5.74, 6) is 1.26. The Morgan fingerprint density at radius 1 is 1.37 bits per heavy atom. The third kappa shape index (κ3) is 2.70. The zero-order chi connectivity index (χ0) is 14.0. The highest BCUT2D eigenvalue weighted by Gasteiger charge is 2.19. The normalized spacial score (nSPS) is 11.0. The number of aromatic nitrogens is 3. The van der Waals surface area contributed by atoms with Gasteiger partial charge in [0.05, 0.1) is 23.6 Å². The standard InChI is InChI=1S/C14H21N5/c1-10(2)13-12(15)14(19(4)17-13)18(3)9-11-7-5-6-8-16-11/h5-8,10H,9,15H2,1-4H3. The maximum absolute atomic E-state index is 6.21. The summed E-state index contributed by atoms with van der Waals surface area (Å²) in [5, 5.41) is 4.50. The fraction of sp³-hybridized carbons (Fsp3) is 0.429. The van der Waals surface area contributed by atoms with Crippen molar-refractivity contribution < 1.29 is 0 Å². The molecule has 2 aromatic heterocycles. The summed E-state index contributed by atoms with van der Waals surface area (Å²) in [7, 11) is 3.93. The van der Waals surface area contributed by atoms with Crippen LogP contribution < -0.4 is 10.6 Å². The lowest BCUT2D eigenvalue weighted by molar-refractivity contribution is 0.696. The summed E-state index contributed by atoms with van der Waals surface area (Å²) in [6.45, 7) is 4.91. The maximum atomic E-state index is 6.21. The van der Waals surface area contributed by atoms with E-state index in [0.29, 0.717) is 12.5 Å². The number of pyridine rings is 1. The quantitative estimate of drug-likeness (QED) is 0.914. The average Bonchev–Trinajstić information content (AvgIpc) is 2.66. The molecule has 2 N–H and O–H groups in total. The van der Waals surface area contributed by atoms with E-state index in [-0.39, 0.29) is 0 Å². The van der Waals surface area contributed by atoms with Gasteiger partial charge in [0.1, 0.15) is 0 Å². The molecule has 5 nitrogen and oxygen atoms in total. The Morgan fingerprint density at radius 3 is 2.63 bits per heavy atom. The van der Waals surface area contributed by atoms with Crippen LogP contribution in [-0.2, 0) is 13.6 Å². The number of nitrogen functional groups attached to an aromatic ring is 1. The number of rotatable bonds is 4. The maximum Gasteiger partial charge on any atom is 0.150 e. The van der Waals surface area contributed by atoms with E-state index in [1.165, 1.54) is 0 Å². The second-order valence-corrected chi connectivity index (χ2v) is 5.08. The zero-order valence-corrected chi connectivity index (χ0v) is 12.0. The van der Waals surface area contributed by atoms with Crippen LogP contribution in [0, 0.1) is 0 Å². The minimum absolute atomic E-state index is 0.322. The predicted molar refractivity (Wildman–Crippen MR) is 78.1 cm³/mol. The second kappa shape index (κ2) is 5.30. The highest BCUT2D eigenvalue weighted by Crippen LogP contribution is 2.30. The lowest BCUT2D eigenvalue weighted by Gasteiger charge is -2.19. The van der Waals surface area contributed by atoms with Gasteiger partial charge in [0.25, 0.3) is 0 Å². The summed E-state index contributed by atoms with van der Waals surface area (Å²) < 4.78 is 1.84. The molecular weight excluding hydrogens is 238 g/mol. The first-order valence-electron chi connectivity index (χ1n) is 6.44. The molecule has 0 bridgehead atoms. The second-order valence-electron chi connectivity index (χ2n) is 5.08. The third-order valence-electron chi connectivity index (χ3n) is 3.11. The van der Waals surface area contributed by atoms with E-state index in [0.717, 1.165) is 22.9 Å².